The summed E-state index contributed by atoms with van der Waals surface area (Å²) < 4.78 is 0. The standard InChI is InChI=1S/C14H19N3O2/c1-10-16-9-12(14(18)19)13(17-10)15-8-7-11-5-3-2-4-6-11/h5,9H,2-4,6-8H2,1H3,(H,18,19)(H,15,16,17). The minimum Gasteiger partial charge on any atom is -0.477 e. The molecule has 1 aromatic rings. The molecule has 1 heterocycles. The van der Waals surface area contributed by atoms with Gasteiger partial charge in [0.1, 0.15) is 17.2 Å². The maximum absolute atomic E-state index is 11.1. The van der Waals surface area contributed by atoms with E-state index in [9.17, 15) is 4.79 Å². The summed E-state index contributed by atoms with van der Waals surface area (Å²) in [4.78, 5) is 19.1. The van der Waals surface area contributed by atoms with E-state index < -0.39 is 5.97 Å². The number of nitrogens with zero attached hydrogens (tertiary/aromatic N) is 2. The molecule has 2 N–H and O–H groups in total. The highest BCUT2D eigenvalue weighted by molar-refractivity contribution is 5.92. The van der Waals surface area contributed by atoms with Gasteiger partial charge in [-0.1, -0.05) is 11.6 Å². The first-order chi connectivity index (χ1) is 9.16. The number of aromatic carboxylic acids is 1. The zero-order valence-corrected chi connectivity index (χ0v) is 11.1. The molecule has 102 valence electrons. The Morgan fingerprint density at radius 3 is 3.00 bits per heavy atom. The molecule has 0 saturated heterocycles. The lowest BCUT2D eigenvalue weighted by molar-refractivity contribution is 0.0697. The first-order valence-corrected chi connectivity index (χ1v) is 6.65. The molecule has 5 nitrogen and oxygen atoms in total. The lowest BCUT2D eigenvalue weighted by Crippen LogP contribution is -2.12. The quantitative estimate of drug-likeness (QED) is 0.797. The van der Waals surface area contributed by atoms with Gasteiger partial charge >= 0.3 is 5.97 Å². The first-order valence-electron chi connectivity index (χ1n) is 6.65. The van der Waals surface area contributed by atoms with Crippen molar-refractivity contribution >= 4 is 11.8 Å². The zero-order chi connectivity index (χ0) is 13.7. The minimum atomic E-state index is -1.00. The van der Waals surface area contributed by atoms with Crippen molar-refractivity contribution in [3.05, 3.63) is 29.2 Å². The molecule has 0 atom stereocenters. The number of anilines is 1. The average Bonchev–Trinajstić information content (AvgIpc) is 2.39. The molecular formula is C14H19N3O2. The number of nitrogens with one attached hydrogen (secondary N) is 1. The fourth-order valence-corrected chi connectivity index (χ4v) is 2.23. The van der Waals surface area contributed by atoms with E-state index in [1.165, 1.54) is 31.0 Å². The van der Waals surface area contributed by atoms with E-state index in [0.29, 0.717) is 18.2 Å². The summed E-state index contributed by atoms with van der Waals surface area (Å²) >= 11 is 0. The van der Waals surface area contributed by atoms with Crippen LogP contribution in [-0.4, -0.2) is 27.6 Å². The molecule has 0 bridgehead atoms. The van der Waals surface area contributed by atoms with E-state index in [1.54, 1.807) is 6.92 Å². The first kappa shape index (κ1) is 13.5. The van der Waals surface area contributed by atoms with Gasteiger partial charge in [-0.25, -0.2) is 14.8 Å². The van der Waals surface area contributed by atoms with Gasteiger partial charge in [-0.15, -0.1) is 0 Å². The third-order valence-electron chi connectivity index (χ3n) is 3.26. The SMILES string of the molecule is Cc1ncc(C(=O)O)c(NCCC2=CCCCC2)n1. The zero-order valence-electron chi connectivity index (χ0n) is 11.1. The molecule has 1 aliphatic carbocycles. The second kappa shape index (κ2) is 6.31. The lowest BCUT2D eigenvalue weighted by Gasteiger charge is -2.14. The van der Waals surface area contributed by atoms with Crippen molar-refractivity contribution in [2.24, 2.45) is 0 Å². The molecule has 5 heteroatoms. The molecular weight excluding hydrogens is 242 g/mol. The van der Waals surface area contributed by atoms with Crippen molar-refractivity contribution in [1.29, 1.82) is 0 Å². The van der Waals surface area contributed by atoms with Crippen molar-refractivity contribution < 1.29 is 9.90 Å². The van der Waals surface area contributed by atoms with Crippen LogP contribution < -0.4 is 5.32 Å². The van der Waals surface area contributed by atoms with Gasteiger partial charge < -0.3 is 10.4 Å². The molecule has 0 aromatic carbocycles. The van der Waals surface area contributed by atoms with Crippen molar-refractivity contribution in [1.82, 2.24) is 9.97 Å². The van der Waals surface area contributed by atoms with Crippen LogP contribution >= 0.6 is 0 Å². The topological polar surface area (TPSA) is 75.1 Å². The van der Waals surface area contributed by atoms with Crippen molar-refractivity contribution in [2.75, 3.05) is 11.9 Å². The number of carbonyl (C=O) groups is 1. The summed E-state index contributed by atoms with van der Waals surface area (Å²) in [5.41, 5.74) is 1.59. The fourth-order valence-electron chi connectivity index (χ4n) is 2.23. The predicted molar refractivity (Wildman–Crippen MR) is 73.4 cm³/mol. The van der Waals surface area contributed by atoms with Crippen LogP contribution in [0.25, 0.3) is 0 Å². The second-order valence-corrected chi connectivity index (χ2v) is 4.77. The average molecular weight is 261 g/mol. The van der Waals surface area contributed by atoms with Crippen LogP contribution in [0, 0.1) is 6.92 Å². The van der Waals surface area contributed by atoms with Crippen molar-refractivity contribution in [2.45, 2.75) is 39.0 Å². The summed E-state index contributed by atoms with van der Waals surface area (Å²) in [6, 6.07) is 0. The molecule has 1 aromatic heterocycles. The minimum absolute atomic E-state index is 0.128. The van der Waals surface area contributed by atoms with Crippen LogP contribution in [0.5, 0.6) is 0 Å². The molecule has 1 aliphatic rings. The third-order valence-corrected chi connectivity index (χ3v) is 3.26. The molecule has 0 amide bonds. The van der Waals surface area contributed by atoms with E-state index in [2.05, 4.69) is 21.4 Å². The maximum Gasteiger partial charge on any atom is 0.341 e. The highest BCUT2D eigenvalue weighted by Crippen LogP contribution is 2.20. The number of hydrogen-bond donors (Lipinski definition) is 2. The Morgan fingerprint density at radius 1 is 1.47 bits per heavy atom. The van der Waals surface area contributed by atoms with E-state index >= 15 is 0 Å². The van der Waals surface area contributed by atoms with E-state index in [1.807, 2.05) is 0 Å². The Morgan fingerprint density at radius 2 is 2.32 bits per heavy atom. The van der Waals surface area contributed by atoms with Gasteiger partial charge in [0.25, 0.3) is 0 Å². The second-order valence-electron chi connectivity index (χ2n) is 4.77. The van der Waals surface area contributed by atoms with Gasteiger partial charge in [-0.3, -0.25) is 0 Å². The lowest BCUT2D eigenvalue weighted by atomic mass is 9.97. The van der Waals surface area contributed by atoms with Crippen LogP contribution in [0.2, 0.25) is 0 Å². The summed E-state index contributed by atoms with van der Waals surface area (Å²) in [6.45, 7) is 2.46. The molecule has 0 radical (unpaired) electrons. The maximum atomic E-state index is 11.1. The fraction of sp³-hybridized carbons (Fsp3) is 0.500. The molecule has 0 fully saturated rings. The Labute approximate surface area is 112 Å². The molecule has 0 aliphatic heterocycles. The van der Waals surface area contributed by atoms with Crippen molar-refractivity contribution in [3.63, 3.8) is 0 Å². The number of rotatable bonds is 5. The van der Waals surface area contributed by atoms with Gasteiger partial charge in [0.15, 0.2) is 0 Å². The summed E-state index contributed by atoms with van der Waals surface area (Å²) in [5.74, 6) is -0.0137. The summed E-state index contributed by atoms with van der Waals surface area (Å²) in [5, 5.41) is 12.2. The number of allylic oxidation sites excluding steroid dienone is 1. The molecule has 2 rings (SSSR count). The number of carboxylic acids is 1. The van der Waals surface area contributed by atoms with Gasteiger partial charge in [-0.2, -0.15) is 0 Å². The Balaban J connectivity index is 1.96. The van der Waals surface area contributed by atoms with E-state index in [-0.39, 0.29) is 5.56 Å². The summed E-state index contributed by atoms with van der Waals surface area (Å²) in [6.07, 6.45) is 9.48. The third kappa shape index (κ3) is 3.77. The Kier molecular flexibility index (Phi) is 4.49. The van der Waals surface area contributed by atoms with Gasteiger partial charge in [0.05, 0.1) is 0 Å². The molecule has 19 heavy (non-hydrogen) atoms. The van der Waals surface area contributed by atoms with Crippen LogP contribution in [-0.2, 0) is 0 Å². The van der Waals surface area contributed by atoms with Crippen LogP contribution in [0.3, 0.4) is 0 Å². The highest BCUT2D eigenvalue weighted by atomic mass is 16.4. The van der Waals surface area contributed by atoms with E-state index in [0.717, 1.165) is 12.8 Å². The van der Waals surface area contributed by atoms with Crippen molar-refractivity contribution in [3.8, 4) is 0 Å². The number of aryl methyl sites for hydroxylation is 1. The van der Waals surface area contributed by atoms with Crippen LogP contribution in [0.15, 0.2) is 17.8 Å². The summed E-state index contributed by atoms with van der Waals surface area (Å²) in [7, 11) is 0. The van der Waals surface area contributed by atoms with Crippen LogP contribution in [0.4, 0.5) is 5.82 Å². The Bertz CT molecular complexity index is 497. The van der Waals surface area contributed by atoms with Gasteiger partial charge in [-0.05, 0) is 39.0 Å². The van der Waals surface area contributed by atoms with Gasteiger partial charge in [0, 0.05) is 12.7 Å². The van der Waals surface area contributed by atoms with E-state index in [4.69, 9.17) is 5.11 Å². The largest absolute Gasteiger partial charge is 0.477 e. The number of hydrogen-bond acceptors (Lipinski definition) is 4. The van der Waals surface area contributed by atoms with Gasteiger partial charge in [0.2, 0.25) is 0 Å². The smallest absolute Gasteiger partial charge is 0.341 e. The molecule has 0 saturated carbocycles. The monoisotopic (exact) mass is 261 g/mol. The predicted octanol–water partition coefficient (Wildman–Crippen LogP) is 2.79. The molecule has 0 unspecified atom stereocenters. The Hall–Kier alpha value is -1.91. The number of aromatic nitrogens is 2. The number of carboxylic acid groups (broad SMARTS) is 1. The highest BCUT2D eigenvalue weighted by Gasteiger charge is 2.12. The van der Waals surface area contributed by atoms with Crippen LogP contribution in [0.1, 0.15) is 48.3 Å². The molecule has 0 spiro atoms. The normalized spacial score (nSPS) is 14.9.